The lowest BCUT2D eigenvalue weighted by molar-refractivity contribution is 0.0686. The Hall–Kier alpha value is -3.15. The number of fused-ring (bicyclic) bond motifs is 1. The average molecular weight is 486 g/mol. The van der Waals surface area contributed by atoms with Crippen molar-refractivity contribution >= 4 is 5.97 Å². The van der Waals surface area contributed by atoms with Gasteiger partial charge in [-0.3, -0.25) is 0 Å². The quantitative estimate of drug-likeness (QED) is 0.368. The molecule has 5 heteroatoms. The van der Waals surface area contributed by atoms with Crippen LogP contribution >= 0.6 is 0 Å². The topological polar surface area (TPSA) is 78.8 Å². The summed E-state index contributed by atoms with van der Waals surface area (Å²) < 4.78 is 6.22. The van der Waals surface area contributed by atoms with Crippen molar-refractivity contribution in [1.29, 1.82) is 0 Å². The molecular weight excluding hydrogens is 450 g/mol. The van der Waals surface area contributed by atoms with Crippen LogP contribution < -0.4 is 10.1 Å². The molecule has 36 heavy (non-hydrogen) atoms. The van der Waals surface area contributed by atoms with Gasteiger partial charge in [0.2, 0.25) is 0 Å². The van der Waals surface area contributed by atoms with Gasteiger partial charge in [-0.05, 0) is 84.9 Å². The van der Waals surface area contributed by atoms with Crippen molar-refractivity contribution in [3.05, 3.63) is 89.0 Å². The van der Waals surface area contributed by atoms with E-state index >= 15 is 0 Å². The highest BCUT2D eigenvalue weighted by molar-refractivity contribution is 5.92. The maximum absolute atomic E-state index is 11.8. The zero-order chi connectivity index (χ0) is 24.9. The van der Waals surface area contributed by atoms with Crippen LogP contribution in [0.25, 0.3) is 11.1 Å². The molecule has 2 aliphatic carbocycles. The molecule has 0 aliphatic heterocycles. The van der Waals surface area contributed by atoms with Crippen LogP contribution in [0.3, 0.4) is 0 Å². The van der Waals surface area contributed by atoms with Crippen LogP contribution in [-0.4, -0.2) is 34.9 Å². The summed E-state index contributed by atoms with van der Waals surface area (Å²) in [6.45, 7) is 0.530. The fourth-order valence-corrected chi connectivity index (χ4v) is 5.52. The molecule has 3 N–H and O–H groups in total. The maximum atomic E-state index is 11.8. The monoisotopic (exact) mass is 485 g/mol. The van der Waals surface area contributed by atoms with Crippen molar-refractivity contribution in [2.24, 2.45) is 0 Å². The molecule has 0 aromatic heterocycles. The Balaban J connectivity index is 1.30. The van der Waals surface area contributed by atoms with Gasteiger partial charge in [0.25, 0.3) is 0 Å². The van der Waals surface area contributed by atoms with Crippen molar-refractivity contribution in [3.63, 3.8) is 0 Å². The van der Waals surface area contributed by atoms with Crippen LogP contribution in [0.2, 0.25) is 0 Å². The molecule has 0 saturated heterocycles. The fourth-order valence-electron chi connectivity index (χ4n) is 5.52. The second kappa shape index (κ2) is 11.3. The Kier molecular flexibility index (Phi) is 7.69. The predicted molar refractivity (Wildman–Crippen MR) is 142 cm³/mol. The van der Waals surface area contributed by atoms with E-state index in [9.17, 15) is 15.0 Å². The average Bonchev–Trinajstić information content (AvgIpc) is 2.92. The number of ether oxygens (including phenoxy) is 1. The molecule has 2 aliphatic rings. The highest BCUT2D eigenvalue weighted by atomic mass is 16.5. The summed E-state index contributed by atoms with van der Waals surface area (Å²) >= 11 is 0. The van der Waals surface area contributed by atoms with E-state index < -0.39 is 12.1 Å². The highest BCUT2D eigenvalue weighted by Gasteiger charge is 2.22. The Morgan fingerprint density at radius 1 is 0.917 bits per heavy atom. The highest BCUT2D eigenvalue weighted by Crippen LogP contribution is 2.33. The molecule has 0 spiro atoms. The van der Waals surface area contributed by atoms with Gasteiger partial charge >= 0.3 is 5.97 Å². The third-order valence-corrected chi connectivity index (χ3v) is 7.61. The Labute approximate surface area is 213 Å². The summed E-state index contributed by atoms with van der Waals surface area (Å²) in [7, 11) is 0. The molecule has 3 aromatic carbocycles. The number of aliphatic hydroxyl groups is 1. The fraction of sp³-hybridized carbons (Fsp3) is 0.387. The molecule has 0 heterocycles. The Morgan fingerprint density at radius 2 is 1.67 bits per heavy atom. The van der Waals surface area contributed by atoms with E-state index in [0.717, 1.165) is 61.6 Å². The molecule has 188 valence electrons. The summed E-state index contributed by atoms with van der Waals surface area (Å²) in [6, 6.07) is 22.1. The largest absolute Gasteiger partial charge is 0.490 e. The number of nitrogens with one attached hydrogen (secondary N) is 1. The number of rotatable bonds is 8. The molecule has 5 nitrogen and oxygen atoms in total. The molecule has 0 amide bonds. The van der Waals surface area contributed by atoms with Gasteiger partial charge in [0.1, 0.15) is 11.3 Å². The lowest BCUT2D eigenvalue weighted by Crippen LogP contribution is -2.37. The van der Waals surface area contributed by atoms with Crippen LogP contribution in [0.15, 0.2) is 66.7 Å². The minimum Gasteiger partial charge on any atom is -0.490 e. The summed E-state index contributed by atoms with van der Waals surface area (Å²) in [5.74, 6) is -0.483. The van der Waals surface area contributed by atoms with E-state index in [4.69, 9.17) is 4.74 Å². The van der Waals surface area contributed by atoms with E-state index in [1.54, 1.807) is 6.07 Å². The zero-order valence-corrected chi connectivity index (χ0v) is 20.7. The van der Waals surface area contributed by atoms with Crippen molar-refractivity contribution < 1.29 is 19.7 Å². The SMILES string of the molecule is O=C(O)c1ccc(-c2ccc3c(c2)C[C@@H](NC[C@H](O)c2ccccc2)CC3)cc1OC1CCCCC1. The number of benzene rings is 3. The van der Waals surface area contributed by atoms with E-state index in [1.165, 1.54) is 17.5 Å². The molecule has 2 atom stereocenters. The van der Waals surface area contributed by atoms with Gasteiger partial charge in [-0.1, -0.05) is 61.0 Å². The first-order valence-corrected chi connectivity index (χ1v) is 13.2. The molecule has 5 rings (SSSR count). The second-order valence-corrected chi connectivity index (χ2v) is 10.2. The number of carboxylic acids is 1. The second-order valence-electron chi connectivity index (χ2n) is 10.2. The Morgan fingerprint density at radius 3 is 2.44 bits per heavy atom. The van der Waals surface area contributed by atoms with Gasteiger partial charge in [-0.15, -0.1) is 0 Å². The first kappa shape index (κ1) is 24.5. The minimum atomic E-state index is -0.954. The van der Waals surface area contributed by atoms with Gasteiger partial charge in [0.15, 0.2) is 0 Å². The lowest BCUT2D eigenvalue weighted by Gasteiger charge is -2.27. The summed E-state index contributed by atoms with van der Waals surface area (Å²) in [5.41, 5.74) is 5.87. The standard InChI is InChI=1S/C31H35NO4/c33-29(22-7-3-1-4-8-22)20-32-26-15-13-21-11-12-23(17-25(21)18-26)24-14-16-28(31(34)35)30(19-24)36-27-9-5-2-6-10-27/h1,3-4,7-8,11-12,14,16-17,19,26-27,29,32-33H,2,5-6,9-10,13,15,18,20H2,(H,34,35)/t26-,29-/m0/s1. The summed E-state index contributed by atoms with van der Waals surface area (Å²) in [6.07, 6.45) is 7.98. The molecule has 3 aromatic rings. The summed E-state index contributed by atoms with van der Waals surface area (Å²) in [4.78, 5) is 11.8. The van der Waals surface area contributed by atoms with Crippen molar-refractivity contribution in [2.75, 3.05) is 6.54 Å². The van der Waals surface area contributed by atoms with Crippen LogP contribution in [0.1, 0.15) is 71.7 Å². The molecule has 0 radical (unpaired) electrons. The van der Waals surface area contributed by atoms with Gasteiger partial charge in [-0.25, -0.2) is 4.79 Å². The smallest absolute Gasteiger partial charge is 0.339 e. The minimum absolute atomic E-state index is 0.0914. The van der Waals surface area contributed by atoms with Crippen LogP contribution in [0.5, 0.6) is 5.75 Å². The van der Waals surface area contributed by atoms with Crippen molar-refractivity contribution in [3.8, 4) is 16.9 Å². The molecular formula is C31H35NO4. The number of carbonyl (C=O) groups is 1. The number of hydrogen-bond donors (Lipinski definition) is 3. The van der Waals surface area contributed by atoms with Gasteiger partial charge in [0, 0.05) is 12.6 Å². The van der Waals surface area contributed by atoms with E-state index in [2.05, 4.69) is 23.5 Å². The number of aromatic carboxylic acids is 1. The zero-order valence-electron chi connectivity index (χ0n) is 20.7. The van der Waals surface area contributed by atoms with Gasteiger partial charge < -0.3 is 20.3 Å². The molecule has 1 saturated carbocycles. The number of carboxylic acid groups (broad SMARTS) is 1. The molecule has 0 bridgehead atoms. The maximum Gasteiger partial charge on any atom is 0.339 e. The number of aliphatic hydroxyl groups excluding tert-OH is 1. The summed E-state index contributed by atoms with van der Waals surface area (Å²) in [5, 5.41) is 23.8. The van der Waals surface area contributed by atoms with E-state index in [1.807, 2.05) is 42.5 Å². The predicted octanol–water partition coefficient (Wildman–Crippen LogP) is 5.94. The Bertz CT molecular complexity index is 1190. The number of aryl methyl sites for hydroxylation is 1. The van der Waals surface area contributed by atoms with Crippen LogP contribution in [-0.2, 0) is 12.8 Å². The van der Waals surface area contributed by atoms with Crippen molar-refractivity contribution in [2.45, 2.75) is 69.6 Å². The van der Waals surface area contributed by atoms with Gasteiger partial charge in [-0.2, -0.15) is 0 Å². The van der Waals surface area contributed by atoms with Crippen LogP contribution in [0.4, 0.5) is 0 Å². The number of hydrogen-bond acceptors (Lipinski definition) is 4. The van der Waals surface area contributed by atoms with E-state index in [-0.39, 0.29) is 11.7 Å². The lowest BCUT2D eigenvalue weighted by atomic mass is 9.86. The van der Waals surface area contributed by atoms with Crippen LogP contribution in [0, 0.1) is 0 Å². The third kappa shape index (κ3) is 5.80. The first-order chi connectivity index (χ1) is 17.6. The van der Waals surface area contributed by atoms with E-state index in [0.29, 0.717) is 18.3 Å². The van der Waals surface area contributed by atoms with Gasteiger partial charge in [0.05, 0.1) is 12.2 Å². The normalized spacial score (nSPS) is 18.9. The third-order valence-electron chi connectivity index (χ3n) is 7.61. The first-order valence-electron chi connectivity index (χ1n) is 13.2. The molecule has 1 fully saturated rings. The van der Waals surface area contributed by atoms with Crippen molar-refractivity contribution in [1.82, 2.24) is 5.32 Å². The molecule has 0 unspecified atom stereocenters.